The zero-order valence-corrected chi connectivity index (χ0v) is 25.4. The Morgan fingerprint density at radius 2 is 1.42 bits per heavy atom. The van der Waals surface area contributed by atoms with Crippen molar-refractivity contribution in [3.63, 3.8) is 0 Å². The van der Waals surface area contributed by atoms with Gasteiger partial charge in [-0.15, -0.1) is 0 Å². The van der Waals surface area contributed by atoms with Crippen LogP contribution in [-0.2, 0) is 48.3 Å². The Bertz CT molecular complexity index is 1390. The Morgan fingerprint density at radius 1 is 0.867 bits per heavy atom. The lowest BCUT2D eigenvalue weighted by Gasteiger charge is -2.43. The lowest BCUT2D eigenvalue weighted by molar-refractivity contribution is -0.559. The van der Waals surface area contributed by atoms with Gasteiger partial charge in [-0.3, -0.25) is 10.1 Å². The summed E-state index contributed by atoms with van der Waals surface area (Å²) < 4.78 is 31.0. The molecule has 0 radical (unpaired) electrons. The Labute approximate surface area is 263 Å². The van der Waals surface area contributed by atoms with Crippen LogP contribution in [0.2, 0.25) is 0 Å². The lowest BCUT2D eigenvalue weighted by atomic mass is 9.87. The monoisotopic (exact) mass is 616 g/mol. The SMILES string of the molecule is CCOC(=O)/C(=C1/CCCN1)[C@H]1O[C@H](COCc2ccccc2)[C@@H](OCc2ccccc2)[C@H](OCc2ccccc2)[C@@H]1[N+](=O)[O-]. The van der Waals surface area contributed by atoms with Crippen LogP contribution in [0.25, 0.3) is 0 Å². The highest BCUT2D eigenvalue weighted by atomic mass is 16.7. The molecule has 0 saturated carbocycles. The van der Waals surface area contributed by atoms with Crippen LogP contribution in [-0.4, -0.2) is 61.1 Å². The summed E-state index contributed by atoms with van der Waals surface area (Å²) in [6.45, 7) is 3.11. The van der Waals surface area contributed by atoms with Crippen LogP contribution >= 0.6 is 0 Å². The van der Waals surface area contributed by atoms with Gasteiger partial charge in [-0.05, 0) is 36.5 Å². The predicted octanol–water partition coefficient (Wildman–Crippen LogP) is 4.99. The van der Waals surface area contributed by atoms with Gasteiger partial charge in [0.15, 0.2) is 12.2 Å². The van der Waals surface area contributed by atoms with E-state index in [1.54, 1.807) is 6.92 Å². The van der Waals surface area contributed by atoms with Gasteiger partial charge in [0.05, 0.1) is 38.6 Å². The molecule has 3 aromatic carbocycles. The van der Waals surface area contributed by atoms with E-state index in [9.17, 15) is 14.9 Å². The summed E-state index contributed by atoms with van der Waals surface area (Å²) >= 11 is 0. The first-order valence-corrected chi connectivity index (χ1v) is 15.4. The molecule has 0 unspecified atom stereocenters. The number of carbonyl (C=O) groups excluding carboxylic acids is 1. The number of ether oxygens (including phenoxy) is 5. The number of rotatable bonds is 14. The standard InChI is InChI=1S/C35H40N2O8/c1-2-42-35(38)30(28-19-12-20-36-28)33-31(37(39)40)34(44-23-27-17-10-5-11-18-27)32(43-22-26-15-8-4-9-16-26)29(45-33)24-41-21-25-13-6-3-7-14-25/h3-11,13-18,29,31-34,36H,2,12,19-24H2,1H3/b30-28-/t29-,31-,32-,33-,34-/m1/s1. The van der Waals surface area contributed by atoms with Crippen molar-refractivity contribution in [3.05, 3.63) is 129 Å². The fraction of sp³-hybridized carbons (Fsp3) is 0.400. The van der Waals surface area contributed by atoms with Crippen LogP contribution in [0.3, 0.4) is 0 Å². The van der Waals surface area contributed by atoms with Crippen LogP contribution in [0.15, 0.2) is 102 Å². The van der Waals surface area contributed by atoms with Gasteiger partial charge < -0.3 is 29.0 Å². The van der Waals surface area contributed by atoms with Crippen molar-refractivity contribution >= 4 is 5.97 Å². The summed E-state index contributed by atoms with van der Waals surface area (Å²) in [7, 11) is 0. The number of nitrogens with one attached hydrogen (secondary N) is 1. The maximum Gasteiger partial charge on any atom is 0.338 e. The summed E-state index contributed by atoms with van der Waals surface area (Å²) in [5.41, 5.74) is 3.44. The molecule has 0 amide bonds. The molecule has 0 aliphatic carbocycles. The number of allylic oxidation sites excluding steroid dienone is 1. The first kappa shape index (κ1) is 32.3. The maximum absolute atomic E-state index is 13.5. The maximum atomic E-state index is 13.5. The molecule has 238 valence electrons. The largest absolute Gasteiger partial charge is 0.463 e. The van der Waals surface area contributed by atoms with E-state index in [4.69, 9.17) is 23.7 Å². The number of esters is 1. The van der Waals surface area contributed by atoms with Crippen molar-refractivity contribution < 1.29 is 33.4 Å². The van der Waals surface area contributed by atoms with Gasteiger partial charge in [0.2, 0.25) is 0 Å². The number of hydrogen-bond acceptors (Lipinski definition) is 9. The quantitative estimate of drug-likeness (QED) is 0.116. The average molecular weight is 617 g/mol. The molecule has 5 rings (SSSR count). The van der Waals surface area contributed by atoms with Gasteiger partial charge in [0.25, 0.3) is 6.04 Å². The number of carbonyl (C=O) groups is 1. The molecule has 10 heteroatoms. The number of hydrogen-bond donors (Lipinski definition) is 1. The minimum absolute atomic E-state index is 0.0549. The lowest BCUT2D eigenvalue weighted by Crippen LogP contribution is -2.64. The van der Waals surface area contributed by atoms with E-state index >= 15 is 0 Å². The topological polar surface area (TPSA) is 118 Å². The van der Waals surface area contributed by atoms with E-state index < -0.39 is 41.4 Å². The fourth-order valence-corrected chi connectivity index (χ4v) is 5.77. The third-order valence-corrected chi connectivity index (χ3v) is 7.91. The second kappa shape index (κ2) is 16.3. The molecular weight excluding hydrogens is 576 g/mol. The second-order valence-corrected chi connectivity index (χ2v) is 11.0. The molecule has 2 aliphatic heterocycles. The normalized spacial score (nSPS) is 24.1. The molecule has 2 saturated heterocycles. The van der Waals surface area contributed by atoms with Gasteiger partial charge in [-0.1, -0.05) is 91.0 Å². The van der Waals surface area contributed by atoms with Gasteiger partial charge in [0.1, 0.15) is 12.2 Å². The summed E-state index contributed by atoms with van der Waals surface area (Å²) in [5.74, 6) is -0.645. The third kappa shape index (κ3) is 8.55. The highest BCUT2D eigenvalue weighted by Crippen LogP contribution is 2.35. The van der Waals surface area contributed by atoms with Crippen molar-refractivity contribution in [2.75, 3.05) is 19.8 Å². The summed E-state index contributed by atoms with van der Waals surface area (Å²) in [5, 5.41) is 16.2. The molecule has 5 atom stereocenters. The van der Waals surface area contributed by atoms with Gasteiger partial charge in [-0.2, -0.15) is 0 Å². The molecule has 10 nitrogen and oxygen atoms in total. The summed E-state index contributed by atoms with van der Waals surface area (Å²) in [4.78, 5) is 26.0. The molecule has 1 N–H and O–H groups in total. The third-order valence-electron chi connectivity index (χ3n) is 7.91. The Morgan fingerprint density at radius 3 is 1.93 bits per heavy atom. The molecule has 2 aliphatic rings. The van der Waals surface area contributed by atoms with Gasteiger partial charge >= 0.3 is 5.97 Å². The molecule has 0 bridgehead atoms. The van der Waals surface area contributed by atoms with Crippen molar-refractivity contribution in [2.45, 2.75) is 70.0 Å². The van der Waals surface area contributed by atoms with E-state index in [1.165, 1.54) is 0 Å². The van der Waals surface area contributed by atoms with E-state index in [0.717, 1.165) is 23.1 Å². The van der Waals surface area contributed by atoms with Crippen LogP contribution in [0.1, 0.15) is 36.5 Å². The first-order chi connectivity index (χ1) is 22.0. The Balaban J connectivity index is 1.52. The molecule has 3 aromatic rings. The minimum atomic E-state index is -1.46. The predicted molar refractivity (Wildman–Crippen MR) is 166 cm³/mol. The van der Waals surface area contributed by atoms with Gasteiger partial charge in [0, 0.05) is 17.2 Å². The second-order valence-electron chi connectivity index (χ2n) is 11.0. The highest BCUT2D eigenvalue weighted by molar-refractivity contribution is 5.90. The van der Waals surface area contributed by atoms with Crippen molar-refractivity contribution in [1.29, 1.82) is 0 Å². The fourth-order valence-electron chi connectivity index (χ4n) is 5.77. The highest BCUT2D eigenvalue weighted by Gasteiger charge is 2.57. The van der Waals surface area contributed by atoms with Crippen LogP contribution < -0.4 is 5.32 Å². The van der Waals surface area contributed by atoms with Crippen LogP contribution in [0.5, 0.6) is 0 Å². The molecular formula is C35H40N2O8. The van der Waals surface area contributed by atoms with Crippen molar-refractivity contribution in [2.24, 2.45) is 0 Å². The molecule has 0 spiro atoms. The zero-order valence-electron chi connectivity index (χ0n) is 25.4. The molecule has 2 fully saturated rings. The smallest absolute Gasteiger partial charge is 0.338 e. The average Bonchev–Trinajstić information content (AvgIpc) is 3.59. The Kier molecular flexibility index (Phi) is 11.7. The number of benzene rings is 3. The summed E-state index contributed by atoms with van der Waals surface area (Å²) in [6.07, 6.45) is -2.69. The van der Waals surface area contributed by atoms with E-state index in [0.29, 0.717) is 25.3 Å². The molecule has 2 heterocycles. The molecule has 45 heavy (non-hydrogen) atoms. The minimum Gasteiger partial charge on any atom is -0.463 e. The first-order valence-electron chi connectivity index (χ1n) is 15.4. The number of nitrogens with zero attached hydrogens (tertiary/aromatic N) is 1. The van der Waals surface area contributed by atoms with Gasteiger partial charge in [-0.25, -0.2) is 4.79 Å². The Hall–Kier alpha value is -4.09. The summed E-state index contributed by atoms with van der Waals surface area (Å²) in [6, 6.07) is 27.3. The molecule has 0 aromatic heterocycles. The van der Waals surface area contributed by atoms with Crippen molar-refractivity contribution in [1.82, 2.24) is 5.32 Å². The van der Waals surface area contributed by atoms with E-state index in [2.05, 4.69) is 5.32 Å². The van der Waals surface area contributed by atoms with Crippen LogP contribution in [0, 0.1) is 10.1 Å². The van der Waals surface area contributed by atoms with E-state index in [1.807, 2.05) is 91.0 Å². The van der Waals surface area contributed by atoms with Crippen molar-refractivity contribution in [3.8, 4) is 0 Å². The number of nitro groups is 1. The van der Waals surface area contributed by atoms with Crippen LogP contribution in [0.4, 0.5) is 0 Å². The zero-order chi connectivity index (χ0) is 31.4. The van der Waals surface area contributed by atoms with E-state index in [-0.39, 0.29) is 32.0 Å².